The summed E-state index contributed by atoms with van der Waals surface area (Å²) >= 11 is 0. The highest BCUT2D eigenvalue weighted by Crippen LogP contribution is 2.20. The van der Waals surface area contributed by atoms with Gasteiger partial charge in [-0.1, -0.05) is 13.8 Å². The molecule has 0 saturated carbocycles. The number of ether oxygens (including phenoxy) is 1. The average Bonchev–Trinajstić information content (AvgIpc) is 3.19. The molecule has 2 fully saturated rings. The quantitative estimate of drug-likeness (QED) is 0.859. The molecule has 23 heavy (non-hydrogen) atoms. The lowest BCUT2D eigenvalue weighted by atomic mass is 10.1. The Morgan fingerprint density at radius 2 is 2.09 bits per heavy atom. The molecule has 1 aromatic rings. The molecule has 2 aliphatic rings. The van der Waals surface area contributed by atoms with Gasteiger partial charge in [-0.15, -0.1) is 0 Å². The predicted octanol–water partition coefficient (Wildman–Crippen LogP) is 0.876. The first-order chi connectivity index (χ1) is 11.0. The first-order valence-electron chi connectivity index (χ1n) is 8.32. The van der Waals surface area contributed by atoms with E-state index in [1.54, 1.807) is 4.31 Å². The second kappa shape index (κ2) is 6.88. The lowest BCUT2D eigenvalue weighted by Crippen LogP contribution is -2.49. The Bertz CT molecular complexity index is 614. The molecule has 1 N–H and O–H groups in total. The van der Waals surface area contributed by atoms with Crippen molar-refractivity contribution >= 4 is 10.0 Å². The molecule has 1 aromatic heterocycles. The third-order valence-corrected chi connectivity index (χ3v) is 6.42. The highest BCUT2D eigenvalue weighted by atomic mass is 32.2. The van der Waals surface area contributed by atoms with Gasteiger partial charge in [0.05, 0.1) is 12.8 Å². The second-order valence-corrected chi connectivity index (χ2v) is 8.63. The molecule has 0 spiro atoms. The summed E-state index contributed by atoms with van der Waals surface area (Å²) in [5.41, 5.74) is 0. The summed E-state index contributed by atoms with van der Waals surface area (Å²) in [6, 6.07) is 0. The van der Waals surface area contributed by atoms with Gasteiger partial charge in [0.1, 0.15) is 5.82 Å². The van der Waals surface area contributed by atoms with Gasteiger partial charge in [0.2, 0.25) is 0 Å². The number of hydrogen-bond donors (Lipinski definition) is 1. The first kappa shape index (κ1) is 16.9. The molecular formula is C15H26N4O3S. The number of aromatic nitrogens is 2. The monoisotopic (exact) mass is 342 g/mol. The van der Waals surface area contributed by atoms with Crippen LogP contribution in [-0.2, 0) is 14.8 Å². The lowest BCUT2D eigenvalue weighted by molar-refractivity contribution is 0.143. The van der Waals surface area contributed by atoms with Crippen LogP contribution >= 0.6 is 0 Å². The van der Waals surface area contributed by atoms with E-state index in [1.807, 2.05) is 13.8 Å². The maximum Gasteiger partial charge on any atom is 0.260 e. The highest BCUT2D eigenvalue weighted by Gasteiger charge is 2.31. The molecule has 2 saturated heterocycles. The van der Waals surface area contributed by atoms with Gasteiger partial charge in [-0.05, 0) is 12.3 Å². The Balaban J connectivity index is 1.59. The predicted molar refractivity (Wildman–Crippen MR) is 86.8 cm³/mol. The van der Waals surface area contributed by atoms with Crippen molar-refractivity contribution in [3.63, 3.8) is 0 Å². The molecule has 2 aliphatic heterocycles. The van der Waals surface area contributed by atoms with Crippen molar-refractivity contribution in [2.75, 3.05) is 45.9 Å². The molecule has 1 unspecified atom stereocenters. The molecule has 0 aliphatic carbocycles. The van der Waals surface area contributed by atoms with Crippen LogP contribution in [-0.4, -0.2) is 73.5 Å². The Morgan fingerprint density at radius 3 is 2.65 bits per heavy atom. The summed E-state index contributed by atoms with van der Waals surface area (Å²) in [4.78, 5) is 9.47. The van der Waals surface area contributed by atoms with Gasteiger partial charge in [-0.2, -0.15) is 4.31 Å². The van der Waals surface area contributed by atoms with Crippen LogP contribution in [0.4, 0.5) is 0 Å². The largest absolute Gasteiger partial charge is 0.381 e. The fourth-order valence-electron chi connectivity index (χ4n) is 3.13. The molecule has 0 radical (unpaired) electrons. The van der Waals surface area contributed by atoms with Crippen molar-refractivity contribution in [2.45, 2.75) is 31.2 Å². The summed E-state index contributed by atoms with van der Waals surface area (Å²) in [7, 11) is -3.46. The Labute approximate surface area is 138 Å². The number of H-pyrrole nitrogens is 1. The molecular weight excluding hydrogens is 316 g/mol. The van der Waals surface area contributed by atoms with Crippen LogP contribution < -0.4 is 0 Å². The first-order valence-corrected chi connectivity index (χ1v) is 9.76. The van der Waals surface area contributed by atoms with Crippen molar-refractivity contribution in [2.24, 2.45) is 5.92 Å². The average molecular weight is 342 g/mol. The van der Waals surface area contributed by atoms with E-state index in [-0.39, 0.29) is 10.9 Å². The van der Waals surface area contributed by atoms with Gasteiger partial charge in [-0.3, -0.25) is 0 Å². The number of nitrogens with one attached hydrogen (secondary N) is 1. The van der Waals surface area contributed by atoms with Crippen LogP contribution in [0, 0.1) is 5.92 Å². The van der Waals surface area contributed by atoms with E-state index in [9.17, 15) is 8.42 Å². The number of piperazine rings is 1. The molecule has 0 aromatic carbocycles. The summed E-state index contributed by atoms with van der Waals surface area (Å²) in [6.07, 6.45) is 2.55. The smallest absolute Gasteiger partial charge is 0.260 e. The molecule has 0 bridgehead atoms. The van der Waals surface area contributed by atoms with Crippen LogP contribution in [0.5, 0.6) is 0 Å². The zero-order chi connectivity index (χ0) is 16.4. The van der Waals surface area contributed by atoms with E-state index in [1.165, 1.54) is 6.20 Å². The van der Waals surface area contributed by atoms with Gasteiger partial charge in [0.15, 0.2) is 5.03 Å². The zero-order valence-corrected chi connectivity index (χ0v) is 14.7. The minimum Gasteiger partial charge on any atom is -0.381 e. The van der Waals surface area contributed by atoms with Gasteiger partial charge in [-0.25, -0.2) is 13.4 Å². The van der Waals surface area contributed by atoms with Crippen molar-refractivity contribution < 1.29 is 13.2 Å². The number of rotatable bonds is 5. The fourth-order valence-corrected chi connectivity index (χ4v) is 4.47. The molecule has 7 nitrogen and oxygen atoms in total. The van der Waals surface area contributed by atoms with Crippen LogP contribution in [0.15, 0.2) is 11.2 Å². The van der Waals surface area contributed by atoms with E-state index < -0.39 is 10.0 Å². The molecule has 1 atom stereocenters. The van der Waals surface area contributed by atoms with Gasteiger partial charge >= 0.3 is 0 Å². The summed E-state index contributed by atoms with van der Waals surface area (Å²) in [5, 5.41) is 0.207. The number of imidazole rings is 1. The number of aromatic amines is 1. The van der Waals surface area contributed by atoms with Crippen LogP contribution in [0.1, 0.15) is 32.0 Å². The molecule has 3 heterocycles. The normalized spacial score (nSPS) is 24.6. The summed E-state index contributed by atoms with van der Waals surface area (Å²) < 4.78 is 32.4. The Morgan fingerprint density at radius 1 is 1.35 bits per heavy atom. The molecule has 0 amide bonds. The molecule has 8 heteroatoms. The Hall–Kier alpha value is -0.960. The standard InChI is InChI=1S/C15H26N4O3S/c1-12(2)15-16-9-14(17-15)23(20,21)19-6-4-18(5-7-19)10-13-3-8-22-11-13/h9,12-13H,3-8,10-11H2,1-2H3,(H,16,17). The Kier molecular flexibility index (Phi) is 5.05. The van der Waals surface area contributed by atoms with Gasteiger partial charge in [0, 0.05) is 45.2 Å². The van der Waals surface area contributed by atoms with Gasteiger partial charge in [0.25, 0.3) is 10.0 Å². The van der Waals surface area contributed by atoms with Crippen molar-refractivity contribution in [1.82, 2.24) is 19.2 Å². The van der Waals surface area contributed by atoms with Crippen LogP contribution in [0.2, 0.25) is 0 Å². The SMILES string of the molecule is CC(C)c1ncc(S(=O)(=O)N2CCN(CC3CCOC3)CC2)[nH]1. The van der Waals surface area contributed by atoms with Crippen molar-refractivity contribution in [3.8, 4) is 0 Å². The van der Waals surface area contributed by atoms with E-state index in [0.29, 0.717) is 24.8 Å². The third-order valence-electron chi connectivity index (χ3n) is 4.61. The minimum absolute atomic E-state index is 0.185. The zero-order valence-electron chi connectivity index (χ0n) is 13.9. The van der Waals surface area contributed by atoms with Crippen molar-refractivity contribution in [3.05, 3.63) is 12.0 Å². The molecule has 130 valence electrons. The summed E-state index contributed by atoms with van der Waals surface area (Å²) in [6.45, 7) is 9.30. The third kappa shape index (κ3) is 3.76. The fraction of sp³-hybridized carbons (Fsp3) is 0.800. The topological polar surface area (TPSA) is 78.5 Å². The van der Waals surface area contributed by atoms with E-state index in [0.717, 1.165) is 39.3 Å². The van der Waals surface area contributed by atoms with Crippen molar-refractivity contribution in [1.29, 1.82) is 0 Å². The second-order valence-electron chi connectivity index (χ2n) is 6.72. The van der Waals surface area contributed by atoms with E-state index >= 15 is 0 Å². The van der Waals surface area contributed by atoms with Gasteiger partial charge < -0.3 is 14.6 Å². The highest BCUT2D eigenvalue weighted by molar-refractivity contribution is 7.89. The van der Waals surface area contributed by atoms with Crippen LogP contribution in [0.3, 0.4) is 0 Å². The molecule has 3 rings (SSSR count). The number of sulfonamides is 1. The number of nitrogens with zero attached hydrogens (tertiary/aromatic N) is 3. The maximum atomic E-state index is 12.7. The lowest BCUT2D eigenvalue weighted by Gasteiger charge is -2.34. The summed E-state index contributed by atoms with van der Waals surface area (Å²) in [5.74, 6) is 1.49. The minimum atomic E-state index is -3.46. The van der Waals surface area contributed by atoms with E-state index in [4.69, 9.17) is 4.74 Å². The maximum absolute atomic E-state index is 12.7. The van der Waals surface area contributed by atoms with E-state index in [2.05, 4.69) is 14.9 Å². The van der Waals surface area contributed by atoms with Crippen LogP contribution in [0.25, 0.3) is 0 Å². The number of hydrogen-bond acceptors (Lipinski definition) is 5.